The van der Waals surface area contributed by atoms with Gasteiger partial charge in [-0.15, -0.1) is 0 Å². The molecule has 0 aromatic heterocycles. The Bertz CT molecular complexity index is 364. The number of amides is 1. The lowest BCUT2D eigenvalue weighted by Crippen LogP contribution is -2.30. The molecule has 0 bridgehead atoms. The van der Waals surface area contributed by atoms with Gasteiger partial charge in [0.2, 0.25) is 0 Å². The fourth-order valence-corrected chi connectivity index (χ4v) is 1.08. The summed E-state index contributed by atoms with van der Waals surface area (Å²) in [7, 11) is 0. The largest absolute Gasteiger partial charge is 0.505 e. The van der Waals surface area contributed by atoms with Crippen molar-refractivity contribution in [1.82, 2.24) is 5.32 Å². The molecule has 15 heavy (non-hydrogen) atoms. The highest BCUT2D eigenvalue weighted by atomic mass is 16.3. The van der Waals surface area contributed by atoms with E-state index < -0.39 is 12.0 Å². The van der Waals surface area contributed by atoms with E-state index in [1.165, 1.54) is 12.1 Å². The van der Waals surface area contributed by atoms with E-state index in [1.807, 2.05) is 0 Å². The minimum absolute atomic E-state index is 0.107. The monoisotopic (exact) mass is 210 g/mol. The predicted molar refractivity (Wildman–Crippen MR) is 56.5 cm³/mol. The summed E-state index contributed by atoms with van der Waals surface area (Å²) >= 11 is 0. The quantitative estimate of drug-likeness (QED) is 0.420. The number of carbonyl (C=O) groups is 1. The van der Waals surface area contributed by atoms with Crippen molar-refractivity contribution in [1.29, 1.82) is 0 Å². The molecule has 5 nitrogen and oxygen atoms in total. The SMILES string of the molecule is CC(O)CNC(=O)c1cccc(N)c1O. The minimum Gasteiger partial charge on any atom is -0.505 e. The number of para-hydroxylation sites is 1. The molecule has 0 radical (unpaired) electrons. The van der Waals surface area contributed by atoms with E-state index in [-0.39, 0.29) is 23.5 Å². The molecule has 5 N–H and O–H groups in total. The van der Waals surface area contributed by atoms with Gasteiger partial charge in [-0.05, 0) is 19.1 Å². The molecular weight excluding hydrogens is 196 g/mol. The Morgan fingerprint density at radius 1 is 1.60 bits per heavy atom. The van der Waals surface area contributed by atoms with Gasteiger partial charge in [-0.25, -0.2) is 0 Å². The zero-order chi connectivity index (χ0) is 11.4. The van der Waals surface area contributed by atoms with Crippen LogP contribution < -0.4 is 11.1 Å². The maximum absolute atomic E-state index is 11.5. The highest BCUT2D eigenvalue weighted by Gasteiger charge is 2.12. The standard InChI is InChI=1S/C10H14N2O3/c1-6(13)5-12-10(15)7-3-2-4-8(11)9(7)14/h2-4,6,13-14H,5,11H2,1H3,(H,12,15). The molecule has 0 aliphatic heterocycles. The second-order valence-electron chi connectivity index (χ2n) is 3.30. The van der Waals surface area contributed by atoms with E-state index in [4.69, 9.17) is 10.8 Å². The molecule has 82 valence electrons. The number of rotatable bonds is 3. The summed E-state index contributed by atoms with van der Waals surface area (Å²) < 4.78 is 0. The van der Waals surface area contributed by atoms with E-state index in [0.29, 0.717) is 0 Å². The summed E-state index contributed by atoms with van der Waals surface area (Å²) in [4.78, 5) is 11.5. The number of hydrogen-bond acceptors (Lipinski definition) is 4. The minimum atomic E-state index is -0.628. The molecular formula is C10H14N2O3. The van der Waals surface area contributed by atoms with E-state index >= 15 is 0 Å². The summed E-state index contributed by atoms with van der Waals surface area (Å²) in [6.07, 6.45) is -0.628. The Hall–Kier alpha value is -1.75. The zero-order valence-corrected chi connectivity index (χ0v) is 8.40. The Morgan fingerprint density at radius 3 is 2.87 bits per heavy atom. The lowest BCUT2D eigenvalue weighted by molar-refractivity contribution is 0.0921. The third-order valence-corrected chi connectivity index (χ3v) is 1.87. The highest BCUT2D eigenvalue weighted by molar-refractivity contribution is 5.98. The first-order valence-corrected chi connectivity index (χ1v) is 4.56. The number of aromatic hydroxyl groups is 1. The van der Waals surface area contributed by atoms with Crippen molar-refractivity contribution < 1.29 is 15.0 Å². The number of nitrogens with one attached hydrogen (secondary N) is 1. The van der Waals surface area contributed by atoms with Gasteiger partial charge in [0.15, 0.2) is 5.75 Å². The Kier molecular flexibility index (Phi) is 3.51. The first-order chi connectivity index (χ1) is 7.02. The summed E-state index contributed by atoms with van der Waals surface area (Å²) in [6.45, 7) is 1.69. The van der Waals surface area contributed by atoms with Crippen molar-refractivity contribution in [3.63, 3.8) is 0 Å². The number of phenolic OH excluding ortho intramolecular Hbond substituents is 1. The van der Waals surface area contributed by atoms with E-state index in [1.54, 1.807) is 13.0 Å². The van der Waals surface area contributed by atoms with Crippen molar-refractivity contribution in [2.45, 2.75) is 13.0 Å². The lowest BCUT2D eigenvalue weighted by atomic mass is 10.1. The normalized spacial score (nSPS) is 12.1. The molecule has 0 aliphatic rings. The summed E-state index contributed by atoms with van der Waals surface area (Å²) in [5.74, 6) is -0.693. The number of phenols is 1. The van der Waals surface area contributed by atoms with Crippen LogP contribution in [0.15, 0.2) is 18.2 Å². The van der Waals surface area contributed by atoms with E-state index in [0.717, 1.165) is 0 Å². The summed E-state index contributed by atoms with van der Waals surface area (Å²) in [6, 6.07) is 4.54. The molecule has 1 amide bonds. The van der Waals surface area contributed by atoms with E-state index in [2.05, 4.69) is 5.32 Å². The Morgan fingerprint density at radius 2 is 2.27 bits per heavy atom. The van der Waals surface area contributed by atoms with Crippen LogP contribution >= 0.6 is 0 Å². The van der Waals surface area contributed by atoms with Crippen molar-refractivity contribution in [3.8, 4) is 5.75 Å². The van der Waals surface area contributed by atoms with Crippen molar-refractivity contribution >= 4 is 11.6 Å². The van der Waals surface area contributed by atoms with Gasteiger partial charge in [0.05, 0.1) is 17.4 Å². The predicted octanol–water partition coefficient (Wildman–Crippen LogP) is 0.0850. The lowest BCUT2D eigenvalue weighted by Gasteiger charge is -2.09. The van der Waals surface area contributed by atoms with Gasteiger partial charge >= 0.3 is 0 Å². The number of aliphatic hydroxyl groups is 1. The average Bonchev–Trinajstić information content (AvgIpc) is 2.18. The first kappa shape index (κ1) is 11.3. The van der Waals surface area contributed by atoms with Gasteiger partial charge in [-0.1, -0.05) is 6.07 Å². The van der Waals surface area contributed by atoms with Crippen molar-refractivity contribution in [2.24, 2.45) is 0 Å². The number of nitrogens with two attached hydrogens (primary N) is 1. The van der Waals surface area contributed by atoms with Crippen molar-refractivity contribution in [2.75, 3.05) is 12.3 Å². The number of anilines is 1. The molecule has 1 atom stereocenters. The van der Waals surface area contributed by atoms with Gasteiger partial charge in [-0.3, -0.25) is 4.79 Å². The van der Waals surface area contributed by atoms with Crippen LogP contribution in [-0.2, 0) is 0 Å². The van der Waals surface area contributed by atoms with E-state index in [9.17, 15) is 9.90 Å². The number of nitrogen functional groups attached to an aromatic ring is 1. The smallest absolute Gasteiger partial charge is 0.255 e. The Balaban J connectivity index is 2.78. The second kappa shape index (κ2) is 4.65. The Labute approximate surface area is 87.5 Å². The molecule has 1 rings (SSSR count). The molecule has 1 aromatic carbocycles. The fraction of sp³-hybridized carbons (Fsp3) is 0.300. The second-order valence-corrected chi connectivity index (χ2v) is 3.30. The van der Waals surface area contributed by atoms with Gasteiger partial charge in [0, 0.05) is 6.54 Å². The molecule has 0 aliphatic carbocycles. The maximum Gasteiger partial charge on any atom is 0.255 e. The molecule has 0 saturated carbocycles. The first-order valence-electron chi connectivity index (χ1n) is 4.56. The number of hydrogen-bond donors (Lipinski definition) is 4. The van der Waals surface area contributed by atoms with Crippen LogP contribution in [0, 0.1) is 0 Å². The topological polar surface area (TPSA) is 95.6 Å². The molecule has 0 heterocycles. The van der Waals surface area contributed by atoms with Gasteiger partial charge in [0.1, 0.15) is 0 Å². The van der Waals surface area contributed by atoms with Crippen LogP contribution in [0.3, 0.4) is 0 Å². The number of benzene rings is 1. The molecule has 1 aromatic rings. The van der Waals surface area contributed by atoms with Crippen LogP contribution in [0.4, 0.5) is 5.69 Å². The fourth-order valence-electron chi connectivity index (χ4n) is 1.08. The van der Waals surface area contributed by atoms with Crippen LogP contribution in [0.1, 0.15) is 17.3 Å². The molecule has 1 unspecified atom stereocenters. The maximum atomic E-state index is 11.5. The average molecular weight is 210 g/mol. The van der Waals surface area contributed by atoms with Crippen LogP contribution in [0.5, 0.6) is 5.75 Å². The van der Waals surface area contributed by atoms with Crippen molar-refractivity contribution in [3.05, 3.63) is 23.8 Å². The molecule has 0 fully saturated rings. The third-order valence-electron chi connectivity index (χ3n) is 1.87. The third kappa shape index (κ3) is 2.85. The van der Waals surface area contributed by atoms with Crippen LogP contribution in [0.2, 0.25) is 0 Å². The zero-order valence-electron chi connectivity index (χ0n) is 8.40. The van der Waals surface area contributed by atoms with Gasteiger partial charge in [-0.2, -0.15) is 0 Å². The number of aliphatic hydroxyl groups excluding tert-OH is 1. The summed E-state index contributed by atoms with van der Waals surface area (Å²) in [5.41, 5.74) is 5.69. The van der Waals surface area contributed by atoms with Crippen LogP contribution in [-0.4, -0.2) is 28.8 Å². The molecule has 5 heteroatoms. The molecule has 0 spiro atoms. The van der Waals surface area contributed by atoms with Gasteiger partial charge < -0.3 is 21.3 Å². The van der Waals surface area contributed by atoms with Gasteiger partial charge in [0.25, 0.3) is 5.91 Å². The highest BCUT2D eigenvalue weighted by Crippen LogP contribution is 2.23. The number of carbonyl (C=O) groups excluding carboxylic acids is 1. The summed E-state index contributed by atoms with van der Waals surface area (Å²) in [5, 5.41) is 20.9. The molecule has 0 saturated heterocycles. The van der Waals surface area contributed by atoms with Crippen LogP contribution in [0.25, 0.3) is 0 Å².